The molecule has 1 aliphatic heterocycles. The van der Waals surface area contributed by atoms with E-state index in [1.54, 1.807) is 36.5 Å². The van der Waals surface area contributed by atoms with E-state index < -0.39 is 5.82 Å². The molecule has 1 fully saturated rings. The Morgan fingerprint density at radius 1 is 1.30 bits per heavy atom. The largest absolute Gasteiger partial charge is 0.376 e. The van der Waals surface area contributed by atoms with E-state index >= 15 is 0 Å². The van der Waals surface area contributed by atoms with Crippen molar-refractivity contribution < 1.29 is 13.9 Å². The zero-order valence-corrected chi connectivity index (χ0v) is 12.6. The summed E-state index contributed by atoms with van der Waals surface area (Å²) in [7, 11) is 0. The number of amides is 1. The van der Waals surface area contributed by atoms with Gasteiger partial charge in [-0.25, -0.2) is 9.37 Å². The van der Waals surface area contributed by atoms with Gasteiger partial charge >= 0.3 is 0 Å². The molecule has 0 bridgehead atoms. The summed E-state index contributed by atoms with van der Waals surface area (Å²) in [5.74, 6) is -0.334. The number of ether oxygens (including phenoxy) is 1. The van der Waals surface area contributed by atoms with Gasteiger partial charge in [-0.1, -0.05) is 12.1 Å². The van der Waals surface area contributed by atoms with Crippen LogP contribution in [0.3, 0.4) is 0 Å². The zero-order valence-electron chi connectivity index (χ0n) is 12.6. The van der Waals surface area contributed by atoms with Gasteiger partial charge in [-0.3, -0.25) is 4.79 Å². The van der Waals surface area contributed by atoms with Crippen LogP contribution in [0.1, 0.15) is 23.2 Å². The lowest BCUT2D eigenvalue weighted by Gasteiger charge is -2.13. The first-order chi connectivity index (χ1) is 11.2. The summed E-state index contributed by atoms with van der Waals surface area (Å²) in [5, 5.41) is 5.72. The molecule has 1 amide bonds. The van der Waals surface area contributed by atoms with Gasteiger partial charge in [0.2, 0.25) is 0 Å². The zero-order chi connectivity index (χ0) is 16.1. The molecule has 1 saturated heterocycles. The quantitative estimate of drug-likeness (QED) is 0.890. The fourth-order valence-corrected chi connectivity index (χ4v) is 2.49. The fourth-order valence-electron chi connectivity index (χ4n) is 2.49. The summed E-state index contributed by atoms with van der Waals surface area (Å²) in [6.07, 6.45) is 3.60. The summed E-state index contributed by atoms with van der Waals surface area (Å²) >= 11 is 0. The second-order valence-electron chi connectivity index (χ2n) is 5.35. The maximum absolute atomic E-state index is 13.8. The molecule has 0 radical (unpaired) electrons. The Morgan fingerprint density at radius 3 is 2.96 bits per heavy atom. The van der Waals surface area contributed by atoms with Crippen molar-refractivity contribution in [2.75, 3.05) is 18.5 Å². The summed E-state index contributed by atoms with van der Waals surface area (Å²) in [5.41, 5.74) is 0.646. The van der Waals surface area contributed by atoms with Crippen molar-refractivity contribution in [1.29, 1.82) is 0 Å². The van der Waals surface area contributed by atoms with E-state index in [1.165, 1.54) is 6.07 Å². The lowest BCUT2D eigenvalue weighted by molar-refractivity contribution is 0.0858. The van der Waals surface area contributed by atoms with E-state index in [0.29, 0.717) is 17.9 Å². The number of carbonyl (C=O) groups excluding carboxylic acids is 1. The maximum atomic E-state index is 13.8. The number of rotatable bonds is 5. The number of nitrogens with zero attached hydrogens (tertiary/aromatic N) is 1. The third kappa shape index (κ3) is 3.84. The molecule has 23 heavy (non-hydrogen) atoms. The molecule has 1 atom stereocenters. The van der Waals surface area contributed by atoms with Gasteiger partial charge in [0.05, 0.1) is 17.4 Å². The van der Waals surface area contributed by atoms with Crippen LogP contribution in [0.15, 0.2) is 42.6 Å². The summed E-state index contributed by atoms with van der Waals surface area (Å²) in [6, 6.07) is 9.59. The van der Waals surface area contributed by atoms with Crippen LogP contribution < -0.4 is 10.6 Å². The minimum atomic E-state index is -0.399. The van der Waals surface area contributed by atoms with Crippen LogP contribution in [-0.4, -0.2) is 30.1 Å². The number of aromatic nitrogens is 1. The van der Waals surface area contributed by atoms with Gasteiger partial charge in [0.25, 0.3) is 5.91 Å². The highest BCUT2D eigenvalue weighted by molar-refractivity contribution is 5.99. The molecule has 1 aromatic carbocycles. The molecule has 6 heteroatoms. The van der Waals surface area contributed by atoms with Crippen LogP contribution in [0, 0.1) is 5.82 Å². The van der Waals surface area contributed by atoms with E-state index in [0.717, 1.165) is 19.4 Å². The lowest BCUT2D eigenvalue weighted by Crippen LogP contribution is -2.32. The predicted molar refractivity (Wildman–Crippen MR) is 85.2 cm³/mol. The molecular formula is C17H18FN3O2. The van der Waals surface area contributed by atoms with Gasteiger partial charge < -0.3 is 15.4 Å². The molecule has 120 valence electrons. The van der Waals surface area contributed by atoms with Crippen molar-refractivity contribution in [3.63, 3.8) is 0 Å². The Kier molecular flexibility index (Phi) is 4.83. The molecule has 0 aliphatic carbocycles. The number of halogens is 1. The first-order valence-corrected chi connectivity index (χ1v) is 7.60. The van der Waals surface area contributed by atoms with Gasteiger partial charge in [-0.15, -0.1) is 0 Å². The van der Waals surface area contributed by atoms with Gasteiger partial charge in [-0.05, 0) is 37.1 Å². The van der Waals surface area contributed by atoms with E-state index in [1.807, 2.05) is 0 Å². The second-order valence-corrected chi connectivity index (χ2v) is 5.35. The second kappa shape index (κ2) is 7.19. The summed E-state index contributed by atoms with van der Waals surface area (Å²) in [6.45, 7) is 1.21. The number of carbonyl (C=O) groups is 1. The average molecular weight is 315 g/mol. The van der Waals surface area contributed by atoms with Crippen molar-refractivity contribution in [2.45, 2.75) is 18.9 Å². The first-order valence-electron chi connectivity index (χ1n) is 7.60. The van der Waals surface area contributed by atoms with E-state index in [2.05, 4.69) is 15.6 Å². The minimum Gasteiger partial charge on any atom is -0.376 e. The Morgan fingerprint density at radius 2 is 2.17 bits per heavy atom. The fraction of sp³-hybridized carbons (Fsp3) is 0.294. The number of benzene rings is 1. The van der Waals surface area contributed by atoms with Crippen molar-refractivity contribution in [3.8, 4) is 0 Å². The lowest BCUT2D eigenvalue weighted by atomic mass is 10.2. The number of hydrogen-bond donors (Lipinski definition) is 2. The highest BCUT2D eigenvalue weighted by Gasteiger charge is 2.18. The van der Waals surface area contributed by atoms with E-state index in [4.69, 9.17) is 4.74 Å². The van der Waals surface area contributed by atoms with E-state index in [9.17, 15) is 9.18 Å². The smallest absolute Gasteiger partial charge is 0.255 e. The number of nitrogens with one attached hydrogen (secondary N) is 2. The van der Waals surface area contributed by atoms with Crippen molar-refractivity contribution in [1.82, 2.24) is 10.3 Å². The van der Waals surface area contributed by atoms with Gasteiger partial charge in [0.1, 0.15) is 11.6 Å². The maximum Gasteiger partial charge on any atom is 0.255 e. The average Bonchev–Trinajstić information content (AvgIpc) is 3.09. The third-order valence-corrected chi connectivity index (χ3v) is 3.69. The van der Waals surface area contributed by atoms with Crippen molar-refractivity contribution in [2.24, 2.45) is 0 Å². The summed E-state index contributed by atoms with van der Waals surface area (Å²) in [4.78, 5) is 16.5. The number of pyridine rings is 1. The van der Waals surface area contributed by atoms with Gasteiger partial charge in [0.15, 0.2) is 0 Å². The number of hydrogen-bond acceptors (Lipinski definition) is 4. The van der Waals surface area contributed by atoms with Crippen molar-refractivity contribution >= 4 is 17.4 Å². The summed E-state index contributed by atoms with van der Waals surface area (Å²) < 4.78 is 19.2. The first kappa shape index (κ1) is 15.4. The van der Waals surface area contributed by atoms with Crippen LogP contribution in [-0.2, 0) is 4.74 Å². The predicted octanol–water partition coefficient (Wildman–Crippen LogP) is 2.87. The molecule has 0 saturated carbocycles. The molecule has 2 heterocycles. The number of anilines is 2. The monoisotopic (exact) mass is 315 g/mol. The SMILES string of the molecule is O=C(NC[C@H]1CCCO1)c1cccnc1Nc1ccccc1F. The molecule has 0 unspecified atom stereocenters. The van der Waals surface area contributed by atoms with Gasteiger partial charge in [-0.2, -0.15) is 0 Å². The van der Waals surface area contributed by atoms with Crippen LogP contribution in [0.2, 0.25) is 0 Å². The molecule has 1 aromatic heterocycles. The molecule has 5 nitrogen and oxygen atoms in total. The Labute approximate surface area is 133 Å². The minimum absolute atomic E-state index is 0.0681. The molecule has 1 aliphatic rings. The topological polar surface area (TPSA) is 63.2 Å². The molecular weight excluding hydrogens is 297 g/mol. The highest BCUT2D eigenvalue weighted by Crippen LogP contribution is 2.21. The Bertz CT molecular complexity index is 687. The standard InChI is InChI=1S/C17H18FN3O2/c18-14-7-1-2-8-15(14)21-16-13(6-3-9-19-16)17(22)20-11-12-5-4-10-23-12/h1-3,6-9,12H,4-5,10-11H2,(H,19,21)(H,20,22)/t12-/m1/s1. The Balaban J connectivity index is 1.72. The van der Waals surface area contributed by atoms with Gasteiger partial charge in [0, 0.05) is 19.3 Å². The third-order valence-electron chi connectivity index (χ3n) is 3.69. The Hall–Kier alpha value is -2.47. The van der Waals surface area contributed by atoms with Crippen LogP contribution in [0.25, 0.3) is 0 Å². The normalized spacial score (nSPS) is 17.0. The molecule has 0 spiro atoms. The number of para-hydroxylation sites is 1. The highest BCUT2D eigenvalue weighted by atomic mass is 19.1. The van der Waals surface area contributed by atoms with Crippen LogP contribution in [0.4, 0.5) is 15.9 Å². The van der Waals surface area contributed by atoms with Crippen LogP contribution in [0.5, 0.6) is 0 Å². The molecule has 2 aromatic rings. The molecule has 2 N–H and O–H groups in total. The van der Waals surface area contributed by atoms with E-state index in [-0.39, 0.29) is 17.7 Å². The van der Waals surface area contributed by atoms with Crippen LogP contribution >= 0.6 is 0 Å². The van der Waals surface area contributed by atoms with Crippen molar-refractivity contribution in [3.05, 3.63) is 54.0 Å². The molecule has 3 rings (SSSR count).